The molecule has 4 atom stereocenters. The second-order valence-corrected chi connectivity index (χ2v) is 8.08. The number of piperazine rings is 1. The fourth-order valence-electron chi connectivity index (χ4n) is 5.34. The summed E-state index contributed by atoms with van der Waals surface area (Å²) in [6, 6.07) is 1.77. The van der Waals surface area contributed by atoms with E-state index in [1.54, 1.807) is 23.4 Å². The first kappa shape index (κ1) is 15.5. The number of hydrogen-bond acceptors (Lipinski definition) is 6. The molecule has 1 aromatic rings. The second-order valence-electron chi connectivity index (χ2n) is 8.08. The molecule has 0 spiro atoms. The summed E-state index contributed by atoms with van der Waals surface area (Å²) >= 11 is 0. The Hall–Kier alpha value is -2.46. The number of hydrogen-bond donors (Lipinski definition) is 0. The third-order valence-corrected chi connectivity index (χ3v) is 6.67. The van der Waals surface area contributed by atoms with Crippen molar-refractivity contribution in [3.63, 3.8) is 0 Å². The number of carbonyl (C=O) groups is 2. The van der Waals surface area contributed by atoms with Crippen molar-refractivity contribution in [3.8, 4) is 11.8 Å². The lowest BCUT2D eigenvalue weighted by atomic mass is 9.81. The van der Waals surface area contributed by atoms with Gasteiger partial charge in [0.2, 0.25) is 17.8 Å². The molecule has 0 radical (unpaired) electrons. The minimum absolute atomic E-state index is 0.0125. The van der Waals surface area contributed by atoms with Crippen LogP contribution < -0.4 is 4.90 Å². The van der Waals surface area contributed by atoms with Gasteiger partial charge in [-0.1, -0.05) is 11.8 Å². The van der Waals surface area contributed by atoms with Crippen LogP contribution in [0.25, 0.3) is 0 Å². The van der Waals surface area contributed by atoms with Crippen LogP contribution in [0.15, 0.2) is 18.5 Å². The molecule has 2 aliphatic carbocycles. The predicted molar refractivity (Wildman–Crippen MR) is 103 cm³/mol. The Morgan fingerprint density at radius 2 is 1.64 bits per heavy atom. The van der Waals surface area contributed by atoms with Crippen molar-refractivity contribution in [1.29, 1.82) is 0 Å². The highest BCUT2D eigenvalue weighted by Gasteiger charge is 2.60. The van der Waals surface area contributed by atoms with Crippen LogP contribution in [0.5, 0.6) is 0 Å². The molecule has 2 amide bonds. The summed E-state index contributed by atoms with van der Waals surface area (Å²) in [6.45, 7) is 0.386. The molecule has 2 aliphatic heterocycles. The molecule has 2 saturated carbocycles. The zero-order valence-electron chi connectivity index (χ0n) is 17.8. The monoisotopic (exact) mass is 381 g/mol. The quantitative estimate of drug-likeness (QED) is 0.565. The molecule has 7 nitrogen and oxygen atoms in total. The van der Waals surface area contributed by atoms with Gasteiger partial charge in [0.25, 0.3) is 0 Å². The number of anilines is 1. The van der Waals surface area contributed by atoms with E-state index in [1.807, 2.05) is 4.90 Å². The van der Waals surface area contributed by atoms with E-state index < -0.39 is 6.50 Å². The van der Waals surface area contributed by atoms with Gasteiger partial charge >= 0.3 is 0 Å². The lowest BCUT2D eigenvalue weighted by Gasteiger charge is -2.33. The molecule has 4 fully saturated rings. The third kappa shape index (κ3) is 2.96. The summed E-state index contributed by atoms with van der Waals surface area (Å²) in [5, 5.41) is 0. The molecule has 3 heterocycles. The molecular formula is C21H25N5O2. The zero-order valence-corrected chi connectivity index (χ0v) is 15.8. The Bertz CT molecular complexity index is 879. The number of likely N-dealkylation sites (tertiary alicyclic amines) is 1. The molecule has 5 rings (SSSR count). The fraction of sp³-hybridized carbons (Fsp3) is 0.619. The number of fused-ring (bicyclic) bond motifs is 5. The topological polar surface area (TPSA) is 69.6 Å². The normalized spacial score (nSPS) is 33.4. The predicted octanol–water partition coefficient (Wildman–Crippen LogP) is 0.633. The molecule has 0 unspecified atom stereocenters. The first-order valence-corrected chi connectivity index (χ1v) is 10.1. The van der Waals surface area contributed by atoms with E-state index >= 15 is 0 Å². The molecule has 4 aliphatic rings. The highest BCUT2D eigenvalue weighted by molar-refractivity contribution is 6.06. The van der Waals surface area contributed by atoms with Crippen molar-refractivity contribution in [1.82, 2.24) is 19.8 Å². The largest absolute Gasteiger partial charge is 0.338 e. The van der Waals surface area contributed by atoms with Gasteiger partial charge in [-0.25, -0.2) is 9.97 Å². The van der Waals surface area contributed by atoms with Crippen molar-refractivity contribution in [3.05, 3.63) is 18.5 Å². The van der Waals surface area contributed by atoms with E-state index in [-0.39, 0.29) is 30.2 Å². The van der Waals surface area contributed by atoms with Gasteiger partial charge in [0, 0.05) is 38.6 Å². The number of aromatic nitrogens is 2. The standard InChI is InChI=1S/C21H25N5O2/c27-19-17-15-4-5-16(14-15)18(17)20(28)26(19)9-2-1-8-24-10-12-25(13-11-24)21-22-6-3-7-23-21/h3,6-7,15-18H,4-5,8-14H2/t15-,16+,17+,18-/i8D2. The molecular weight excluding hydrogens is 354 g/mol. The number of amides is 2. The Morgan fingerprint density at radius 1 is 1.00 bits per heavy atom. The van der Waals surface area contributed by atoms with Gasteiger partial charge in [-0.2, -0.15) is 0 Å². The average molecular weight is 381 g/mol. The van der Waals surface area contributed by atoms with E-state index in [1.165, 1.54) is 4.90 Å². The van der Waals surface area contributed by atoms with Gasteiger partial charge in [-0.3, -0.25) is 19.4 Å². The van der Waals surface area contributed by atoms with E-state index in [4.69, 9.17) is 2.74 Å². The number of imide groups is 1. The van der Waals surface area contributed by atoms with Crippen LogP contribution in [-0.4, -0.2) is 70.8 Å². The van der Waals surface area contributed by atoms with E-state index in [9.17, 15) is 9.59 Å². The Labute approximate surface area is 167 Å². The van der Waals surface area contributed by atoms with E-state index in [0.29, 0.717) is 44.0 Å². The van der Waals surface area contributed by atoms with Gasteiger partial charge in [-0.05, 0) is 37.2 Å². The minimum atomic E-state index is -1.82. The van der Waals surface area contributed by atoms with Crippen molar-refractivity contribution in [2.75, 3.05) is 44.1 Å². The fourth-order valence-corrected chi connectivity index (χ4v) is 5.34. The Morgan fingerprint density at radius 3 is 2.29 bits per heavy atom. The molecule has 1 aromatic heterocycles. The van der Waals surface area contributed by atoms with Crippen LogP contribution in [0.4, 0.5) is 5.95 Å². The molecule has 7 heteroatoms. The highest BCUT2D eigenvalue weighted by Crippen LogP contribution is 2.55. The van der Waals surface area contributed by atoms with Crippen molar-refractivity contribution < 1.29 is 12.3 Å². The lowest BCUT2D eigenvalue weighted by molar-refractivity contribution is -0.139. The van der Waals surface area contributed by atoms with Crippen LogP contribution in [-0.2, 0) is 9.59 Å². The van der Waals surface area contributed by atoms with Crippen LogP contribution in [0, 0.1) is 35.5 Å². The van der Waals surface area contributed by atoms with Gasteiger partial charge in [-0.15, -0.1) is 0 Å². The van der Waals surface area contributed by atoms with Crippen LogP contribution in [0.1, 0.15) is 22.0 Å². The number of nitrogens with zero attached hydrogens (tertiary/aromatic N) is 5. The number of rotatable bonds is 3. The average Bonchev–Trinajstić information content (AvgIpc) is 3.44. The molecule has 2 bridgehead atoms. The van der Waals surface area contributed by atoms with Crippen LogP contribution in [0.2, 0.25) is 0 Å². The maximum absolute atomic E-state index is 12.7. The van der Waals surface area contributed by atoms with E-state index in [2.05, 4.69) is 21.8 Å². The van der Waals surface area contributed by atoms with E-state index in [0.717, 1.165) is 19.3 Å². The first-order chi connectivity index (χ1) is 14.5. The smallest absolute Gasteiger partial charge is 0.234 e. The van der Waals surface area contributed by atoms with Crippen LogP contribution in [0.3, 0.4) is 0 Å². The third-order valence-electron chi connectivity index (χ3n) is 6.67. The molecule has 28 heavy (non-hydrogen) atoms. The minimum Gasteiger partial charge on any atom is -0.338 e. The maximum atomic E-state index is 12.7. The SMILES string of the molecule is [2H]C([2H])(C#CCN1C(=O)[C@@H]2[C@H]3CC[C@H](C3)[C@@H]2C1=O)N1CCN(c2ncccn2)CC1. The molecule has 2 saturated heterocycles. The van der Waals surface area contributed by atoms with Crippen molar-refractivity contribution >= 4 is 17.8 Å². The van der Waals surface area contributed by atoms with Gasteiger partial charge < -0.3 is 4.90 Å². The Balaban J connectivity index is 1.20. The number of carbonyl (C=O) groups excluding carboxylic acids is 2. The highest BCUT2D eigenvalue weighted by atomic mass is 16.2. The Kier molecular flexibility index (Phi) is 3.96. The molecule has 0 aromatic carbocycles. The summed E-state index contributed by atoms with van der Waals surface area (Å²) in [5.74, 6) is 6.32. The van der Waals surface area contributed by atoms with Gasteiger partial charge in [0.05, 0.1) is 27.6 Å². The summed E-state index contributed by atoms with van der Waals surface area (Å²) < 4.78 is 16.7. The molecule has 146 valence electrons. The summed E-state index contributed by atoms with van der Waals surface area (Å²) in [4.78, 5) is 38.9. The van der Waals surface area contributed by atoms with Crippen molar-refractivity contribution in [2.45, 2.75) is 19.3 Å². The summed E-state index contributed by atoms with van der Waals surface area (Å²) in [7, 11) is 0. The van der Waals surface area contributed by atoms with Crippen LogP contribution >= 0.6 is 0 Å². The first-order valence-electron chi connectivity index (χ1n) is 11.1. The van der Waals surface area contributed by atoms with Gasteiger partial charge in [0.15, 0.2) is 0 Å². The van der Waals surface area contributed by atoms with Gasteiger partial charge in [0.1, 0.15) is 0 Å². The summed E-state index contributed by atoms with van der Waals surface area (Å²) in [6.07, 6.45) is 6.49. The zero-order chi connectivity index (χ0) is 20.9. The second kappa shape index (κ2) is 7.17. The summed E-state index contributed by atoms with van der Waals surface area (Å²) in [5.41, 5.74) is 0. The lowest BCUT2D eigenvalue weighted by Crippen LogP contribution is -2.47. The molecule has 0 N–H and O–H groups in total. The van der Waals surface area contributed by atoms with Crippen molar-refractivity contribution in [2.24, 2.45) is 23.7 Å². The maximum Gasteiger partial charge on any atom is 0.234 e.